The van der Waals surface area contributed by atoms with E-state index in [-0.39, 0.29) is 24.6 Å². The number of amides is 1. The number of hydrogen-bond donors (Lipinski definition) is 0. The lowest BCUT2D eigenvalue weighted by molar-refractivity contribution is -0.140. The number of thiophene rings is 1. The van der Waals surface area contributed by atoms with Gasteiger partial charge in [0.25, 0.3) is 5.91 Å². The molecule has 5 heteroatoms. The van der Waals surface area contributed by atoms with E-state index in [0.717, 1.165) is 30.4 Å². The van der Waals surface area contributed by atoms with E-state index < -0.39 is 5.97 Å². The molecule has 2 aromatic rings. The second kappa shape index (κ2) is 8.04. The number of piperidine rings is 1. The van der Waals surface area contributed by atoms with Crippen molar-refractivity contribution in [2.24, 2.45) is 0 Å². The van der Waals surface area contributed by atoms with Crippen molar-refractivity contribution in [3.05, 3.63) is 46.2 Å². The van der Waals surface area contributed by atoms with Gasteiger partial charge in [0.15, 0.2) is 6.61 Å². The smallest absolute Gasteiger partial charge is 0.349 e. The van der Waals surface area contributed by atoms with E-state index in [2.05, 4.69) is 13.8 Å². The zero-order chi connectivity index (χ0) is 18.7. The molecule has 0 spiro atoms. The molecule has 2 atom stereocenters. The first-order valence-corrected chi connectivity index (χ1v) is 9.98. The minimum Gasteiger partial charge on any atom is -0.451 e. The molecule has 3 rings (SSSR count). The molecule has 26 heavy (non-hydrogen) atoms. The molecule has 2 heterocycles. The number of esters is 1. The molecule has 1 amide bonds. The maximum Gasteiger partial charge on any atom is 0.349 e. The Balaban J connectivity index is 1.67. The van der Waals surface area contributed by atoms with Crippen LogP contribution in [0.2, 0.25) is 0 Å². The first-order valence-electron chi connectivity index (χ1n) is 9.10. The molecule has 1 fully saturated rings. The van der Waals surface area contributed by atoms with Crippen LogP contribution in [0.5, 0.6) is 0 Å². The quantitative estimate of drug-likeness (QED) is 0.734. The third-order valence-electron chi connectivity index (χ3n) is 5.02. The van der Waals surface area contributed by atoms with E-state index in [1.807, 2.05) is 47.5 Å². The maximum atomic E-state index is 12.5. The van der Waals surface area contributed by atoms with Gasteiger partial charge in [0.05, 0.1) is 0 Å². The summed E-state index contributed by atoms with van der Waals surface area (Å²) < 4.78 is 5.36. The summed E-state index contributed by atoms with van der Waals surface area (Å²) in [4.78, 5) is 27.5. The highest BCUT2D eigenvalue weighted by Crippen LogP contribution is 2.29. The molecule has 138 valence electrons. The van der Waals surface area contributed by atoms with Crippen LogP contribution in [0.4, 0.5) is 0 Å². The molecule has 1 aromatic heterocycles. The van der Waals surface area contributed by atoms with Crippen molar-refractivity contribution in [1.29, 1.82) is 0 Å². The summed E-state index contributed by atoms with van der Waals surface area (Å²) in [5.74, 6) is -0.535. The molecule has 0 radical (unpaired) electrons. The van der Waals surface area contributed by atoms with E-state index in [9.17, 15) is 9.59 Å². The standard InChI is InChI=1S/C21H25NO3S/c1-14-7-9-17(10-8-14)18-11-12-26-20(18)21(24)25-13-19(23)22-15(2)5-4-6-16(22)3/h7-12,15-16H,4-6,13H2,1-3H3/t15-,16-/m1/s1. The zero-order valence-corrected chi connectivity index (χ0v) is 16.3. The van der Waals surface area contributed by atoms with Crippen molar-refractivity contribution in [2.75, 3.05) is 6.61 Å². The summed E-state index contributed by atoms with van der Waals surface area (Å²) >= 11 is 1.35. The molecule has 4 nitrogen and oxygen atoms in total. The van der Waals surface area contributed by atoms with Gasteiger partial charge in [-0.2, -0.15) is 0 Å². The Kier molecular flexibility index (Phi) is 5.77. The van der Waals surface area contributed by atoms with Crippen molar-refractivity contribution in [1.82, 2.24) is 4.90 Å². The van der Waals surface area contributed by atoms with E-state index >= 15 is 0 Å². The van der Waals surface area contributed by atoms with Crippen LogP contribution in [0, 0.1) is 6.92 Å². The van der Waals surface area contributed by atoms with Crippen molar-refractivity contribution in [3.63, 3.8) is 0 Å². The van der Waals surface area contributed by atoms with Gasteiger partial charge in [0.2, 0.25) is 0 Å². The topological polar surface area (TPSA) is 46.6 Å². The number of benzene rings is 1. The molecule has 0 bridgehead atoms. The van der Waals surface area contributed by atoms with E-state index in [0.29, 0.717) is 4.88 Å². The summed E-state index contributed by atoms with van der Waals surface area (Å²) in [6.07, 6.45) is 3.15. The number of rotatable bonds is 4. The SMILES string of the molecule is Cc1ccc(-c2ccsc2C(=O)OCC(=O)N2[C@H](C)CCC[C@H]2C)cc1. The molecule has 1 aliphatic rings. The second-order valence-corrected chi connectivity index (χ2v) is 7.95. The second-order valence-electron chi connectivity index (χ2n) is 7.04. The van der Waals surface area contributed by atoms with Crippen LogP contribution < -0.4 is 0 Å². The average Bonchev–Trinajstić information content (AvgIpc) is 3.10. The fourth-order valence-corrected chi connectivity index (χ4v) is 4.42. The number of carbonyl (C=O) groups excluding carboxylic acids is 2. The van der Waals surface area contributed by atoms with E-state index in [1.54, 1.807) is 0 Å². The van der Waals surface area contributed by atoms with Gasteiger partial charge in [0.1, 0.15) is 4.88 Å². The minimum atomic E-state index is -0.429. The normalized spacial score (nSPS) is 20.0. The molecule has 0 N–H and O–H groups in total. The Morgan fingerprint density at radius 3 is 2.42 bits per heavy atom. The number of ether oxygens (including phenoxy) is 1. The summed E-state index contributed by atoms with van der Waals surface area (Å²) in [5.41, 5.74) is 3.00. The Morgan fingerprint density at radius 2 is 1.77 bits per heavy atom. The lowest BCUT2D eigenvalue weighted by Crippen LogP contribution is -2.49. The molecule has 1 aliphatic heterocycles. The predicted molar refractivity (Wildman–Crippen MR) is 104 cm³/mol. The van der Waals surface area contributed by atoms with Gasteiger partial charge in [-0.1, -0.05) is 29.8 Å². The Labute approximate surface area is 158 Å². The highest BCUT2D eigenvalue weighted by molar-refractivity contribution is 7.12. The third kappa shape index (κ3) is 3.98. The molecule has 0 saturated carbocycles. The van der Waals surface area contributed by atoms with Crippen LogP contribution in [0.3, 0.4) is 0 Å². The van der Waals surface area contributed by atoms with Crippen molar-refractivity contribution >= 4 is 23.2 Å². The third-order valence-corrected chi connectivity index (χ3v) is 5.92. The molecule has 1 saturated heterocycles. The minimum absolute atomic E-state index is 0.105. The molecular formula is C21H25NO3S. The van der Waals surface area contributed by atoms with Gasteiger partial charge in [-0.15, -0.1) is 11.3 Å². The lowest BCUT2D eigenvalue weighted by atomic mass is 9.97. The summed E-state index contributed by atoms with van der Waals surface area (Å²) in [5, 5.41) is 1.88. The van der Waals surface area contributed by atoms with Crippen molar-refractivity contribution < 1.29 is 14.3 Å². The van der Waals surface area contributed by atoms with Gasteiger partial charge in [-0.3, -0.25) is 4.79 Å². The number of likely N-dealkylation sites (tertiary alicyclic amines) is 1. The van der Waals surface area contributed by atoms with Crippen molar-refractivity contribution in [2.45, 2.75) is 52.1 Å². The van der Waals surface area contributed by atoms with Crippen LogP contribution in [0.1, 0.15) is 48.3 Å². The molecular weight excluding hydrogens is 346 g/mol. The average molecular weight is 372 g/mol. The largest absolute Gasteiger partial charge is 0.451 e. The van der Waals surface area contributed by atoms with Crippen LogP contribution in [-0.4, -0.2) is 35.5 Å². The van der Waals surface area contributed by atoms with Crippen LogP contribution >= 0.6 is 11.3 Å². The fourth-order valence-electron chi connectivity index (χ4n) is 3.61. The fraction of sp³-hybridized carbons (Fsp3) is 0.429. The highest BCUT2D eigenvalue weighted by atomic mass is 32.1. The molecule has 0 aliphatic carbocycles. The molecule has 1 aromatic carbocycles. The monoisotopic (exact) mass is 371 g/mol. The number of nitrogens with zero attached hydrogens (tertiary/aromatic N) is 1. The predicted octanol–water partition coefficient (Wildman–Crippen LogP) is 4.67. The first-order chi connectivity index (χ1) is 12.5. The zero-order valence-electron chi connectivity index (χ0n) is 15.5. The lowest BCUT2D eigenvalue weighted by Gasteiger charge is -2.38. The van der Waals surface area contributed by atoms with Gasteiger partial charge in [-0.25, -0.2) is 4.79 Å². The van der Waals surface area contributed by atoms with Crippen molar-refractivity contribution in [3.8, 4) is 11.1 Å². The summed E-state index contributed by atoms with van der Waals surface area (Å²) in [6, 6.07) is 10.4. The Hall–Kier alpha value is -2.14. The van der Waals surface area contributed by atoms with Crippen LogP contribution in [-0.2, 0) is 9.53 Å². The van der Waals surface area contributed by atoms with Crippen LogP contribution in [0.15, 0.2) is 35.7 Å². The number of hydrogen-bond acceptors (Lipinski definition) is 4. The van der Waals surface area contributed by atoms with Gasteiger partial charge >= 0.3 is 5.97 Å². The first kappa shape index (κ1) is 18.6. The van der Waals surface area contributed by atoms with Gasteiger partial charge < -0.3 is 9.64 Å². The van der Waals surface area contributed by atoms with E-state index in [1.165, 1.54) is 16.9 Å². The summed E-state index contributed by atoms with van der Waals surface area (Å²) in [7, 11) is 0. The number of carbonyl (C=O) groups is 2. The van der Waals surface area contributed by atoms with Gasteiger partial charge in [0, 0.05) is 17.6 Å². The van der Waals surface area contributed by atoms with Crippen LogP contribution in [0.25, 0.3) is 11.1 Å². The maximum absolute atomic E-state index is 12.5. The summed E-state index contributed by atoms with van der Waals surface area (Å²) in [6.45, 7) is 5.95. The Morgan fingerprint density at radius 1 is 1.12 bits per heavy atom. The molecule has 0 unspecified atom stereocenters. The van der Waals surface area contributed by atoms with E-state index in [4.69, 9.17) is 4.74 Å². The Bertz CT molecular complexity index is 771. The number of aryl methyl sites for hydroxylation is 1. The highest BCUT2D eigenvalue weighted by Gasteiger charge is 2.29. The van der Waals surface area contributed by atoms with Gasteiger partial charge in [-0.05, 0) is 57.0 Å².